The number of imidazole rings is 1. The molecule has 1 heterocycles. The lowest BCUT2D eigenvalue weighted by atomic mass is 10.1. The largest absolute Gasteiger partial charge is 0.573 e. The molecule has 0 spiro atoms. The van der Waals surface area contributed by atoms with Gasteiger partial charge in [0.15, 0.2) is 0 Å². The molecule has 0 fully saturated rings. The Morgan fingerprint density at radius 1 is 1.09 bits per heavy atom. The Morgan fingerprint density at radius 2 is 1.78 bits per heavy atom. The van der Waals surface area contributed by atoms with E-state index in [1.807, 2.05) is 0 Å². The van der Waals surface area contributed by atoms with Gasteiger partial charge in [-0.25, -0.2) is 4.98 Å². The van der Waals surface area contributed by atoms with Crippen molar-refractivity contribution in [3.05, 3.63) is 53.9 Å². The Labute approximate surface area is 128 Å². The lowest BCUT2D eigenvalue weighted by molar-refractivity contribution is -0.274. The average Bonchev–Trinajstić information content (AvgIpc) is 2.88. The number of halogens is 3. The molecule has 0 aliphatic heterocycles. The van der Waals surface area contributed by atoms with Crippen LogP contribution in [0, 0.1) is 0 Å². The summed E-state index contributed by atoms with van der Waals surface area (Å²) in [7, 11) is 0. The smallest absolute Gasteiger partial charge is 0.508 e. The number of phenols is 1. The van der Waals surface area contributed by atoms with Crippen molar-refractivity contribution in [1.29, 1.82) is 0 Å². The average molecular weight is 324 g/mol. The standard InChI is InChI=1S/C15H11F3N2O3/c16-15(17,18)23-10-4-1-8(2-5-10)13(22)14-19-11-6-3-9(21)7-12(11)20-14/h1-7,13,21-22H,(H,19,20). The zero-order valence-corrected chi connectivity index (χ0v) is 11.5. The molecular formula is C15H11F3N2O3. The van der Waals surface area contributed by atoms with Crippen LogP contribution in [-0.2, 0) is 0 Å². The Balaban J connectivity index is 1.85. The Hall–Kier alpha value is -2.74. The maximum atomic E-state index is 12.1. The second-order valence-electron chi connectivity index (χ2n) is 4.84. The number of aromatic hydroxyl groups is 1. The monoisotopic (exact) mass is 324 g/mol. The second-order valence-corrected chi connectivity index (χ2v) is 4.84. The van der Waals surface area contributed by atoms with Crippen LogP contribution in [-0.4, -0.2) is 26.5 Å². The molecular weight excluding hydrogens is 313 g/mol. The maximum absolute atomic E-state index is 12.1. The second kappa shape index (κ2) is 5.47. The van der Waals surface area contributed by atoms with Gasteiger partial charge in [-0.3, -0.25) is 0 Å². The first-order valence-electron chi connectivity index (χ1n) is 6.54. The van der Waals surface area contributed by atoms with E-state index >= 15 is 0 Å². The molecule has 0 saturated carbocycles. The van der Waals surface area contributed by atoms with Gasteiger partial charge in [0.1, 0.15) is 23.4 Å². The summed E-state index contributed by atoms with van der Waals surface area (Å²) in [6.07, 6.45) is -5.91. The summed E-state index contributed by atoms with van der Waals surface area (Å²) in [5.74, 6) is -0.114. The highest BCUT2D eigenvalue weighted by Crippen LogP contribution is 2.27. The van der Waals surface area contributed by atoms with Crippen molar-refractivity contribution in [3.8, 4) is 11.5 Å². The first kappa shape index (κ1) is 15.2. The van der Waals surface area contributed by atoms with Crippen LogP contribution in [0.2, 0.25) is 0 Å². The van der Waals surface area contributed by atoms with E-state index < -0.39 is 12.5 Å². The Bertz CT molecular complexity index is 828. The van der Waals surface area contributed by atoms with Crippen molar-refractivity contribution in [2.75, 3.05) is 0 Å². The van der Waals surface area contributed by atoms with Crippen LogP contribution in [0.25, 0.3) is 11.0 Å². The van der Waals surface area contributed by atoms with Gasteiger partial charge in [0, 0.05) is 6.07 Å². The number of H-pyrrole nitrogens is 1. The van der Waals surface area contributed by atoms with Crippen molar-refractivity contribution < 1.29 is 28.1 Å². The molecule has 0 radical (unpaired) electrons. The molecule has 0 amide bonds. The number of nitrogens with zero attached hydrogens (tertiary/aromatic N) is 1. The molecule has 0 bridgehead atoms. The fourth-order valence-corrected chi connectivity index (χ4v) is 2.15. The van der Waals surface area contributed by atoms with Crippen LogP contribution < -0.4 is 4.74 Å². The van der Waals surface area contributed by atoms with Gasteiger partial charge in [0.2, 0.25) is 0 Å². The third-order valence-corrected chi connectivity index (χ3v) is 3.17. The number of ether oxygens (including phenoxy) is 1. The molecule has 3 rings (SSSR count). The number of aliphatic hydroxyl groups is 1. The van der Waals surface area contributed by atoms with Crippen LogP contribution >= 0.6 is 0 Å². The molecule has 5 nitrogen and oxygen atoms in total. The van der Waals surface area contributed by atoms with E-state index in [-0.39, 0.29) is 17.3 Å². The highest BCUT2D eigenvalue weighted by molar-refractivity contribution is 5.76. The number of aromatic amines is 1. The molecule has 3 N–H and O–H groups in total. The molecule has 120 valence electrons. The SMILES string of the molecule is Oc1ccc2[nH]c(C(O)c3ccc(OC(F)(F)F)cc3)nc2c1. The van der Waals surface area contributed by atoms with Crippen molar-refractivity contribution in [2.45, 2.75) is 12.5 Å². The molecule has 1 aromatic heterocycles. The third-order valence-electron chi connectivity index (χ3n) is 3.17. The number of nitrogens with one attached hydrogen (secondary N) is 1. The molecule has 1 atom stereocenters. The molecule has 2 aromatic carbocycles. The topological polar surface area (TPSA) is 78.4 Å². The molecule has 0 saturated heterocycles. The summed E-state index contributed by atoms with van der Waals surface area (Å²) in [4.78, 5) is 7.05. The van der Waals surface area contributed by atoms with E-state index in [1.54, 1.807) is 6.07 Å². The number of phenolic OH excluding ortho intramolecular Hbond substituents is 1. The summed E-state index contributed by atoms with van der Waals surface area (Å²) >= 11 is 0. The molecule has 23 heavy (non-hydrogen) atoms. The van der Waals surface area contributed by atoms with Crippen LogP contribution in [0.1, 0.15) is 17.5 Å². The van der Waals surface area contributed by atoms with Crippen molar-refractivity contribution >= 4 is 11.0 Å². The van der Waals surface area contributed by atoms with E-state index in [0.29, 0.717) is 16.6 Å². The predicted octanol–water partition coefficient (Wildman–Crippen LogP) is 3.25. The van der Waals surface area contributed by atoms with E-state index in [0.717, 1.165) is 12.1 Å². The van der Waals surface area contributed by atoms with E-state index in [4.69, 9.17) is 0 Å². The molecule has 0 aliphatic carbocycles. The van der Waals surface area contributed by atoms with Gasteiger partial charge >= 0.3 is 6.36 Å². The van der Waals surface area contributed by atoms with Gasteiger partial charge < -0.3 is 19.9 Å². The predicted molar refractivity (Wildman–Crippen MR) is 74.9 cm³/mol. The molecule has 3 aromatic rings. The number of aliphatic hydroxyl groups excluding tert-OH is 1. The third kappa shape index (κ3) is 3.37. The van der Waals surface area contributed by atoms with Crippen LogP contribution in [0.3, 0.4) is 0 Å². The first-order valence-corrected chi connectivity index (χ1v) is 6.54. The Kier molecular flexibility index (Phi) is 3.61. The van der Waals surface area contributed by atoms with Gasteiger partial charge in [-0.1, -0.05) is 12.1 Å². The molecule has 8 heteroatoms. The minimum atomic E-state index is -4.76. The summed E-state index contributed by atoms with van der Waals surface area (Å²) in [5, 5.41) is 19.7. The zero-order valence-electron chi connectivity index (χ0n) is 11.5. The van der Waals surface area contributed by atoms with Crippen LogP contribution in [0.5, 0.6) is 11.5 Å². The maximum Gasteiger partial charge on any atom is 0.573 e. The summed E-state index contributed by atoms with van der Waals surface area (Å²) in [6, 6.07) is 9.37. The summed E-state index contributed by atoms with van der Waals surface area (Å²) in [5.41, 5.74) is 1.44. The number of benzene rings is 2. The van der Waals surface area contributed by atoms with E-state index in [2.05, 4.69) is 14.7 Å². The minimum absolute atomic E-state index is 0.0405. The number of alkyl halides is 3. The number of hydrogen-bond acceptors (Lipinski definition) is 4. The first-order chi connectivity index (χ1) is 10.8. The van der Waals surface area contributed by atoms with Gasteiger partial charge in [0.25, 0.3) is 0 Å². The van der Waals surface area contributed by atoms with Gasteiger partial charge in [-0.2, -0.15) is 0 Å². The number of fused-ring (bicyclic) bond motifs is 1. The van der Waals surface area contributed by atoms with Crippen molar-refractivity contribution in [1.82, 2.24) is 9.97 Å². The Morgan fingerprint density at radius 3 is 2.43 bits per heavy atom. The van der Waals surface area contributed by atoms with Gasteiger partial charge in [0.05, 0.1) is 11.0 Å². The highest BCUT2D eigenvalue weighted by Gasteiger charge is 2.31. The number of hydrogen-bond donors (Lipinski definition) is 3. The van der Waals surface area contributed by atoms with Crippen molar-refractivity contribution in [3.63, 3.8) is 0 Å². The van der Waals surface area contributed by atoms with E-state index in [9.17, 15) is 23.4 Å². The molecule has 1 unspecified atom stereocenters. The highest BCUT2D eigenvalue weighted by atomic mass is 19.4. The lowest BCUT2D eigenvalue weighted by Gasteiger charge is -2.11. The van der Waals surface area contributed by atoms with Crippen LogP contribution in [0.4, 0.5) is 13.2 Å². The molecule has 0 aliphatic rings. The zero-order chi connectivity index (χ0) is 16.6. The number of rotatable bonds is 3. The summed E-state index contributed by atoms with van der Waals surface area (Å²) < 4.78 is 40.1. The number of aromatic nitrogens is 2. The normalized spacial score (nSPS) is 13.2. The van der Waals surface area contributed by atoms with Crippen molar-refractivity contribution in [2.24, 2.45) is 0 Å². The lowest BCUT2D eigenvalue weighted by Crippen LogP contribution is -2.17. The summed E-state index contributed by atoms with van der Waals surface area (Å²) in [6.45, 7) is 0. The van der Waals surface area contributed by atoms with Gasteiger partial charge in [-0.05, 0) is 29.8 Å². The van der Waals surface area contributed by atoms with Crippen LogP contribution in [0.15, 0.2) is 42.5 Å². The fraction of sp³-hybridized carbons (Fsp3) is 0.133. The van der Waals surface area contributed by atoms with E-state index in [1.165, 1.54) is 24.3 Å². The minimum Gasteiger partial charge on any atom is -0.508 e. The fourth-order valence-electron chi connectivity index (χ4n) is 2.15. The quantitative estimate of drug-likeness (QED) is 0.691. The van der Waals surface area contributed by atoms with Gasteiger partial charge in [-0.15, -0.1) is 13.2 Å².